The smallest absolute Gasteiger partial charge is 0.326 e. The number of nitrogens with zero attached hydrogens (tertiary/aromatic N) is 2. The number of rotatable bonds is 9. The number of pyridine rings is 1. The largest absolute Gasteiger partial charge is 0.480 e. The van der Waals surface area contributed by atoms with E-state index in [2.05, 4.69) is 22.8 Å². The van der Waals surface area contributed by atoms with Crippen LogP contribution >= 0.6 is 0 Å². The number of ether oxygens (including phenoxy) is 1. The minimum absolute atomic E-state index is 0.0120. The van der Waals surface area contributed by atoms with Crippen LogP contribution in [-0.4, -0.2) is 52.0 Å². The number of esters is 1. The molecular formula is C26H28N4O5. The van der Waals surface area contributed by atoms with E-state index in [0.717, 1.165) is 30.5 Å². The number of aliphatic carboxylic acids is 1. The van der Waals surface area contributed by atoms with Gasteiger partial charge in [-0.2, -0.15) is 0 Å². The van der Waals surface area contributed by atoms with Gasteiger partial charge in [0.05, 0.1) is 12.8 Å². The van der Waals surface area contributed by atoms with Crippen molar-refractivity contribution >= 4 is 29.3 Å². The van der Waals surface area contributed by atoms with Crippen LogP contribution in [0.3, 0.4) is 0 Å². The van der Waals surface area contributed by atoms with Crippen LogP contribution in [0.2, 0.25) is 0 Å². The van der Waals surface area contributed by atoms with Gasteiger partial charge in [-0.3, -0.25) is 14.0 Å². The zero-order valence-corrected chi connectivity index (χ0v) is 19.4. The summed E-state index contributed by atoms with van der Waals surface area (Å²) < 4.78 is 6.55. The molecule has 35 heavy (non-hydrogen) atoms. The predicted molar refractivity (Wildman–Crippen MR) is 130 cm³/mol. The molecule has 2 unspecified atom stereocenters. The summed E-state index contributed by atoms with van der Waals surface area (Å²) in [5, 5.41) is 15.4. The van der Waals surface area contributed by atoms with E-state index in [1.165, 1.54) is 7.11 Å². The van der Waals surface area contributed by atoms with E-state index in [-0.39, 0.29) is 18.9 Å². The van der Waals surface area contributed by atoms with Gasteiger partial charge in [-0.25, -0.2) is 9.78 Å². The van der Waals surface area contributed by atoms with Gasteiger partial charge in [-0.15, -0.1) is 0 Å². The van der Waals surface area contributed by atoms with Gasteiger partial charge >= 0.3 is 11.9 Å². The van der Waals surface area contributed by atoms with Crippen molar-refractivity contribution < 1.29 is 24.2 Å². The zero-order valence-electron chi connectivity index (χ0n) is 19.4. The van der Waals surface area contributed by atoms with Gasteiger partial charge in [0.15, 0.2) is 0 Å². The Morgan fingerprint density at radius 2 is 2.00 bits per heavy atom. The second kappa shape index (κ2) is 10.9. The number of carbonyl (C=O) groups is 3. The molecule has 1 aliphatic rings. The number of aromatic nitrogens is 2. The molecule has 2 heterocycles. The number of benzene rings is 1. The number of carbonyl (C=O) groups excluding carboxylic acids is 2. The molecule has 3 N–H and O–H groups in total. The number of hydrogen-bond donors (Lipinski definition) is 3. The third-order valence-electron chi connectivity index (χ3n) is 6.08. The van der Waals surface area contributed by atoms with Crippen LogP contribution in [-0.2, 0) is 20.7 Å². The average Bonchev–Trinajstić information content (AvgIpc) is 3.25. The molecule has 0 aliphatic heterocycles. The van der Waals surface area contributed by atoms with Gasteiger partial charge in [0.25, 0.3) is 5.91 Å². The number of hydrogen-bond acceptors (Lipinski definition) is 6. The summed E-state index contributed by atoms with van der Waals surface area (Å²) in [4.78, 5) is 41.2. The molecule has 1 amide bonds. The van der Waals surface area contributed by atoms with Crippen molar-refractivity contribution in [3.8, 4) is 0 Å². The Bertz CT molecular complexity index is 1250. The Balaban J connectivity index is 1.60. The second-order valence-corrected chi connectivity index (χ2v) is 8.45. The van der Waals surface area contributed by atoms with Crippen LogP contribution in [0.5, 0.6) is 0 Å². The van der Waals surface area contributed by atoms with Crippen LogP contribution in [0.15, 0.2) is 60.8 Å². The highest BCUT2D eigenvalue weighted by Crippen LogP contribution is 2.34. The highest BCUT2D eigenvalue weighted by atomic mass is 16.5. The molecule has 2 atom stereocenters. The first-order valence-corrected chi connectivity index (χ1v) is 11.5. The van der Waals surface area contributed by atoms with E-state index in [0.29, 0.717) is 17.0 Å². The first-order chi connectivity index (χ1) is 17.0. The van der Waals surface area contributed by atoms with Gasteiger partial charge in [0.2, 0.25) is 0 Å². The topological polar surface area (TPSA) is 122 Å². The molecule has 4 rings (SSSR count). The SMILES string of the molecule is COC(=O)CNc1c(C2CC=CCC2)nc2cc(C(=O)NC(Cc3ccccc3)C(=O)O)ccn12. The Hall–Kier alpha value is -4.14. The van der Waals surface area contributed by atoms with Crippen molar-refractivity contribution in [2.24, 2.45) is 0 Å². The molecule has 182 valence electrons. The van der Waals surface area contributed by atoms with Gasteiger partial charge in [0.1, 0.15) is 24.1 Å². The summed E-state index contributed by atoms with van der Waals surface area (Å²) in [6, 6.07) is 11.3. The fourth-order valence-corrected chi connectivity index (χ4v) is 4.23. The average molecular weight is 477 g/mol. The number of carboxylic acid groups (broad SMARTS) is 1. The standard InChI is InChI=1S/C26H28N4O5/c1-35-22(31)16-27-24-23(18-10-6-3-7-11-18)29-21-15-19(12-13-30(21)24)25(32)28-20(26(33)34)14-17-8-4-2-5-9-17/h2-6,8-9,12-13,15,18,20,27H,7,10-11,14,16H2,1H3,(H,28,32)(H,33,34). The number of carboxylic acids is 1. The van der Waals surface area contributed by atoms with E-state index in [4.69, 9.17) is 9.72 Å². The minimum atomic E-state index is -1.11. The molecule has 2 aromatic heterocycles. The monoisotopic (exact) mass is 476 g/mol. The highest BCUT2D eigenvalue weighted by molar-refractivity contribution is 5.97. The van der Waals surface area contributed by atoms with Gasteiger partial charge in [0, 0.05) is 24.1 Å². The molecule has 0 saturated heterocycles. The summed E-state index contributed by atoms with van der Waals surface area (Å²) in [5.74, 6) is -1.13. The molecular weight excluding hydrogens is 448 g/mol. The van der Waals surface area contributed by atoms with E-state index in [1.807, 2.05) is 30.3 Å². The van der Waals surface area contributed by atoms with Crippen LogP contribution in [0.4, 0.5) is 5.82 Å². The first-order valence-electron chi connectivity index (χ1n) is 11.5. The molecule has 9 nitrogen and oxygen atoms in total. The molecule has 0 saturated carbocycles. The van der Waals surface area contributed by atoms with Crippen LogP contribution in [0, 0.1) is 0 Å². The summed E-state index contributed by atoms with van der Waals surface area (Å²) in [5.41, 5.74) is 2.47. The van der Waals surface area contributed by atoms with Crippen molar-refractivity contribution in [2.75, 3.05) is 19.0 Å². The number of amides is 1. The highest BCUT2D eigenvalue weighted by Gasteiger charge is 2.24. The lowest BCUT2D eigenvalue weighted by Gasteiger charge is -2.17. The third-order valence-corrected chi connectivity index (χ3v) is 6.08. The second-order valence-electron chi connectivity index (χ2n) is 8.45. The van der Waals surface area contributed by atoms with Gasteiger partial charge < -0.3 is 20.5 Å². The fourth-order valence-electron chi connectivity index (χ4n) is 4.23. The maximum atomic E-state index is 12.9. The van der Waals surface area contributed by atoms with Crippen molar-refractivity contribution in [2.45, 2.75) is 37.6 Å². The maximum absolute atomic E-state index is 12.9. The van der Waals surface area contributed by atoms with Gasteiger partial charge in [-0.1, -0.05) is 42.5 Å². The van der Waals surface area contributed by atoms with E-state index in [1.54, 1.807) is 22.7 Å². The number of anilines is 1. The Morgan fingerprint density at radius 3 is 2.69 bits per heavy atom. The lowest BCUT2D eigenvalue weighted by Crippen LogP contribution is -2.42. The van der Waals surface area contributed by atoms with Crippen LogP contribution < -0.4 is 10.6 Å². The lowest BCUT2D eigenvalue weighted by molar-refractivity contribution is -0.139. The Morgan fingerprint density at radius 1 is 1.20 bits per heavy atom. The zero-order chi connectivity index (χ0) is 24.8. The molecule has 1 aromatic carbocycles. The molecule has 1 aliphatic carbocycles. The normalized spacial score (nSPS) is 16.0. The van der Waals surface area contributed by atoms with Crippen molar-refractivity contribution in [1.29, 1.82) is 0 Å². The number of methoxy groups -OCH3 is 1. The Kier molecular flexibility index (Phi) is 7.45. The molecule has 3 aromatic rings. The number of nitrogens with one attached hydrogen (secondary N) is 2. The predicted octanol–water partition coefficient (Wildman–Crippen LogP) is 3.17. The van der Waals surface area contributed by atoms with Crippen molar-refractivity contribution in [3.63, 3.8) is 0 Å². The maximum Gasteiger partial charge on any atom is 0.326 e. The summed E-state index contributed by atoms with van der Waals surface area (Å²) >= 11 is 0. The number of imidazole rings is 1. The van der Waals surface area contributed by atoms with Crippen molar-refractivity contribution in [3.05, 3.63) is 77.6 Å². The van der Waals surface area contributed by atoms with E-state index in [9.17, 15) is 19.5 Å². The minimum Gasteiger partial charge on any atom is -0.480 e. The van der Waals surface area contributed by atoms with Gasteiger partial charge in [-0.05, 0) is 37.0 Å². The third kappa shape index (κ3) is 5.68. The van der Waals surface area contributed by atoms with Crippen molar-refractivity contribution in [1.82, 2.24) is 14.7 Å². The first kappa shape index (κ1) is 24.0. The Labute approximate surface area is 202 Å². The molecule has 0 radical (unpaired) electrons. The molecule has 0 spiro atoms. The van der Waals surface area contributed by atoms with Crippen LogP contribution in [0.25, 0.3) is 5.65 Å². The molecule has 0 fully saturated rings. The summed E-state index contributed by atoms with van der Waals surface area (Å²) in [6.07, 6.45) is 8.86. The molecule has 0 bridgehead atoms. The summed E-state index contributed by atoms with van der Waals surface area (Å²) in [6.45, 7) is -0.0120. The number of allylic oxidation sites excluding steroid dienone is 2. The summed E-state index contributed by atoms with van der Waals surface area (Å²) in [7, 11) is 1.33. The molecule has 9 heteroatoms. The fraction of sp³-hybridized carbons (Fsp3) is 0.308. The van der Waals surface area contributed by atoms with Crippen LogP contribution in [0.1, 0.15) is 46.8 Å². The van der Waals surface area contributed by atoms with E-state index < -0.39 is 23.9 Å². The number of fused-ring (bicyclic) bond motifs is 1. The quantitative estimate of drug-likeness (QED) is 0.320. The van der Waals surface area contributed by atoms with E-state index >= 15 is 0 Å². The lowest BCUT2D eigenvalue weighted by atomic mass is 9.91.